The van der Waals surface area contributed by atoms with Gasteiger partial charge in [-0.3, -0.25) is 14.6 Å². The summed E-state index contributed by atoms with van der Waals surface area (Å²) in [5.41, 5.74) is 3.55. The first-order chi connectivity index (χ1) is 11.6. The van der Waals surface area contributed by atoms with Crippen LogP contribution in [0.3, 0.4) is 0 Å². The van der Waals surface area contributed by atoms with Gasteiger partial charge in [0.2, 0.25) is 0 Å². The van der Waals surface area contributed by atoms with Crippen molar-refractivity contribution in [2.45, 2.75) is 19.0 Å². The third-order valence-corrected chi connectivity index (χ3v) is 4.34. The maximum Gasteiger partial charge on any atom is 0.100 e. The van der Waals surface area contributed by atoms with Crippen molar-refractivity contribution in [1.82, 2.24) is 29.8 Å². The number of ether oxygens (including phenoxy) is 1. The van der Waals surface area contributed by atoms with E-state index in [1.54, 1.807) is 0 Å². The third-order valence-electron chi connectivity index (χ3n) is 4.34. The molecule has 0 saturated heterocycles. The second-order valence-corrected chi connectivity index (χ2v) is 6.65. The molecule has 0 aromatic carbocycles. The average Bonchev–Trinajstić information content (AvgIpc) is 2.93. The Hall–Kier alpha value is -1.83. The number of nitrogens with zero attached hydrogens (tertiary/aromatic N) is 6. The highest BCUT2D eigenvalue weighted by Gasteiger charge is 2.30. The molecule has 7 nitrogen and oxygen atoms in total. The van der Waals surface area contributed by atoms with Crippen LogP contribution in [0.2, 0.25) is 0 Å². The molecule has 0 aliphatic carbocycles. The Kier molecular flexibility index (Phi) is 5.55. The lowest BCUT2D eigenvalue weighted by Crippen LogP contribution is -2.36. The summed E-state index contributed by atoms with van der Waals surface area (Å²) in [7, 11) is 6.09. The smallest absolute Gasteiger partial charge is 0.100 e. The number of hydrogen-bond donors (Lipinski definition) is 0. The molecule has 1 aliphatic rings. The minimum absolute atomic E-state index is 0.303. The van der Waals surface area contributed by atoms with E-state index >= 15 is 0 Å². The zero-order chi connectivity index (χ0) is 16.9. The summed E-state index contributed by atoms with van der Waals surface area (Å²) in [5, 5.41) is 8.56. The lowest BCUT2D eigenvalue weighted by molar-refractivity contribution is 0.0834. The molecule has 0 bridgehead atoms. The van der Waals surface area contributed by atoms with Crippen LogP contribution in [-0.2, 0) is 24.9 Å². The summed E-state index contributed by atoms with van der Waals surface area (Å²) < 4.78 is 7.82. The average molecular weight is 330 g/mol. The van der Waals surface area contributed by atoms with E-state index in [2.05, 4.69) is 51.3 Å². The van der Waals surface area contributed by atoms with E-state index in [4.69, 9.17) is 4.74 Å². The van der Waals surface area contributed by atoms with E-state index in [1.165, 1.54) is 11.3 Å². The number of rotatable bonds is 7. The Labute approximate surface area is 143 Å². The van der Waals surface area contributed by atoms with Gasteiger partial charge in [0.05, 0.1) is 18.9 Å². The van der Waals surface area contributed by atoms with Gasteiger partial charge >= 0.3 is 0 Å². The molecule has 2 aromatic heterocycles. The first-order valence-corrected chi connectivity index (χ1v) is 8.35. The largest absolute Gasteiger partial charge is 0.379 e. The second kappa shape index (κ2) is 7.83. The number of fused-ring (bicyclic) bond motifs is 1. The SMILES string of the molecule is CN(C)CCOC[C@@H]1CN(Cc2ccncc2)Cc2nnn(C)c21. The monoisotopic (exact) mass is 330 g/mol. The van der Waals surface area contributed by atoms with Crippen molar-refractivity contribution in [3.05, 3.63) is 41.5 Å². The van der Waals surface area contributed by atoms with Crippen LogP contribution in [0, 0.1) is 0 Å². The Morgan fingerprint density at radius 2 is 2.08 bits per heavy atom. The van der Waals surface area contributed by atoms with Crippen molar-refractivity contribution in [3.63, 3.8) is 0 Å². The zero-order valence-electron chi connectivity index (χ0n) is 14.7. The van der Waals surface area contributed by atoms with Crippen molar-refractivity contribution in [3.8, 4) is 0 Å². The van der Waals surface area contributed by atoms with Crippen LogP contribution in [0.15, 0.2) is 24.5 Å². The van der Waals surface area contributed by atoms with Crippen LogP contribution in [0.1, 0.15) is 22.9 Å². The van der Waals surface area contributed by atoms with Crippen LogP contribution in [-0.4, -0.2) is 70.2 Å². The predicted molar refractivity (Wildman–Crippen MR) is 91.5 cm³/mol. The Morgan fingerprint density at radius 1 is 1.29 bits per heavy atom. The highest BCUT2D eigenvalue weighted by Crippen LogP contribution is 2.27. The molecule has 0 N–H and O–H groups in total. The predicted octanol–water partition coefficient (Wildman–Crippen LogP) is 0.888. The van der Waals surface area contributed by atoms with Gasteiger partial charge in [0.15, 0.2) is 0 Å². The fourth-order valence-corrected chi connectivity index (χ4v) is 3.17. The third kappa shape index (κ3) is 4.17. The molecular weight excluding hydrogens is 304 g/mol. The molecule has 130 valence electrons. The highest BCUT2D eigenvalue weighted by atomic mass is 16.5. The molecular formula is C17H26N6O. The summed E-state index contributed by atoms with van der Waals surface area (Å²) in [6.45, 7) is 5.07. The van der Waals surface area contributed by atoms with Gasteiger partial charge in [-0.2, -0.15) is 0 Å². The lowest BCUT2D eigenvalue weighted by atomic mass is 9.98. The van der Waals surface area contributed by atoms with E-state index in [0.29, 0.717) is 12.5 Å². The fourth-order valence-electron chi connectivity index (χ4n) is 3.17. The molecule has 0 fully saturated rings. The zero-order valence-corrected chi connectivity index (χ0v) is 14.7. The molecule has 0 amide bonds. The van der Waals surface area contributed by atoms with Crippen LogP contribution in [0.4, 0.5) is 0 Å². The van der Waals surface area contributed by atoms with E-state index in [0.717, 1.165) is 38.5 Å². The Bertz CT molecular complexity index is 642. The molecule has 24 heavy (non-hydrogen) atoms. The molecule has 0 radical (unpaired) electrons. The normalized spacial score (nSPS) is 18.1. The summed E-state index contributed by atoms with van der Waals surface area (Å²) in [5.74, 6) is 0.303. The van der Waals surface area contributed by atoms with Crippen molar-refractivity contribution >= 4 is 0 Å². The second-order valence-electron chi connectivity index (χ2n) is 6.65. The highest BCUT2D eigenvalue weighted by molar-refractivity contribution is 5.20. The molecule has 0 unspecified atom stereocenters. The van der Waals surface area contributed by atoms with Gasteiger partial charge in [-0.1, -0.05) is 5.21 Å². The van der Waals surface area contributed by atoms with Gasteiger partial charge in [0, 0.05) is 51.5 Å². The molecule has 0 spiro atoms. The first-order valence-electron chi connectivity index (χ1n) is 8.35. The van der Waals surface area contributed by atoms with Crippen LogP contribution in [0.25, 0.3) is 0 Å². The van der Waals surface area contributed by atoms with Gasteiger partial charge in [-0.15, -0.1) is 5.10 Å². The molecule has 2 aromatic rings. The summed E-state index contributed by atoms with van der Waals surface area (Å²) in [6, 6.07) is 4.13. The van der Waals surface area contributed by atoms with Crippen molar-refractivity contribution in [2.24, 2.45) is 7.05 Å². The molecule has 1 atom stereocenters. The van der Waals surface area contributed by atoms with Gasteiger partial charge in [0.25, 0.3) is 0 Å². The maximum absolute atomic E-state index is 5.92. The Balaban J connectivity index is 1.66. The summed E-state index contributed by atoms with van der Waals surface area (Å²) in [4.78, 5) is 8.63. The molecule has 0 saturated carbocycles. The van der Waals surface area contributed by atoms with Crippen LogP contribution < -0.4 is 0 Å². The van der Waals surface area contributed by atoms with Crippen LogP contribution >= 0.6 is 0 Å². The van der Waals surface area contributed by atoms with E-state index < -0.39 is 0 Å². The number of aromatic nitrogens is 4. The molecule has 3 heterocycles. The first kappa shape index (κ1) is 17.0. The number of pyridine rings is 1. The summed E-state index contributed by atoms with van der Waals surface area (Å²) >= 11 is 0. The number of hydrogen-bond acceptors (Lipinski definition) is 6. The van der Waals surface area contributed by atoms with Crippen LogP contribution in [0.5, 0.6) is 0 Å². The minimum Gasteiger partial charge on any atom is -0.379 e. The van der Waals surface area contributed by atoms with Gasteiger partial charge in [-0.05, 0) is 31.8 Å². The van der Waals surface area contributed by atoms with Gasteiger partial charge in [-0.25, -0.2) is 0 Å². The summed E-state index contributed by atoms with van der Waals surface area (Å²) in [6.07, 6.45) is 3.68. The number of aryl methyl sites for hydroxylation is 1. The van der Waals surface area contributed by atoms with E-state index in [-0.39, 0.29) is 0 Å². The van der Waals surface area contributed by atoms with Gasteiger partial charge < -0.3 is 9.64 Å². The number of likely N-dealkylation sites (N-methyl/N-ethyl adjacent to an activating group) is 1. The Morgan fingerprint density at radius 3 is 2.83 bits per heavy atom. The molecule has 3 rings (SSSR count). The fraction of sp³-hybridized carbons (Fsp3) is 0.588. The van der Waals surface area contributed by atoms with Crippen molar-refractivity contribution in [1.29, 1.82) is 0 Å². The standard InChI is InChI=1S/C17H26N6O/c1-21(2)8-9-24-13-15-11-23(10-14-4-6-18-7-5-14)12-16-17(15)22(3)20-19-16/h4-7,15H,8-13H2,1-3H3/t15-/m0/s1. The maximum atomic E-state index is 5.92. The minimum atomic E-state index is 0.303. The van der Waals surface area contributed by atoms with Crippen molar-refractivity contribution in [2.75, 3.05) is 40.4 Å². The van der Waals surface area contributed by atoms with E-state index in [9.17, 15) is 0 Å². The van der Waals surface area contributed by atoms with Gasteiger partial charge in [0.1, 0.15) is 5.69 Å². The quantitative estimate of drug-likeness (QED) is 0.703. The topological polar surface area (TPSA) is 59.3 Å². The lowest BCUT2D eigenvalue weighted by Gasteiger charge is -2.32. The van der Waals surface area contributed by atoms with Crippen molar-refractivity contribution < 1.29 is 4.74 Å². The van der Waals surface area contributed by atoms with E-state index in [1.807, 2.05) is 24.1 Å². The molecule has 7 heteroatoms. The molecule has 1 aliphatic heterocycles.